The molecule has 0 atom stereocenters. The molecule has 0 fully saturated rings. The molecule has 164 valence electrons. The van der Waals surface area contributed by atoms with E-state index in [4.69, 9.17) is 16.0 Å². The zero-order valence-corrected chi connectivity index (χ0v) is 17.9. The average Bonchev–Trinajstić information content (AvgIpc) is 3.27. The van der Waals surface area contributed by atoms with Gasteiger partial charge < -0.3 is 11.1 Å². The molecular weight excluding hydrogens is 428 g/mol. The Kier molecular flexibility index (Phi) is 5.38. The number of benzene rings is 1. The molecule has 3 N–H and O–H groups in total. The third-order valence-corrected chi connectivity index (χ3v) is 5.27. The van der Waals surface area contributed by atoms with Crippen LogP contribution in [0.3, 0.4) is 0 Å². The van der Waals surface area contributed by atoms with Crippen LogP contribution in [0.25, 0.3) is 28.2 Å². The highest BCUT2D eigenvalue weighted by atomic mass is 16.1. The standard InChI is InChI=1S/C25H18N8O/c26-13-17-7-10-21(30-15-17)25(34)31-14-16-5-8-18(9-6-16)33-23(19-3-1-11-28-22(19)27)32-20-4-2-12-29-24(20)33/h1-12,15H,14H2,(H2,27,28)(H,31,34). The Bertz CT molecular complexity index is 1530. The van der Waals surface area contributed by atoms with E-state index in [1.165, 1.54) is 12.3 Å². The van der Waals surface area contributed by atoms with Crippen LogP contribution in [-0.4, -0.2) is 30.4 Å². The number of imidazole rings is 1. The number of nitrogens with zero attached hydrogens (tertiary/aromatic N) is 6. The number of hydrogen-bond donors (Lipinski definition) is 2. The van der Waals surface area contributed by atoms with Crippen LogP contribution in [0.2, 0.25) is 0 Å². The van der Waals surface area contributed by atoms with Crippen LogP contribution < -0.4 is 11.1 Å². The minimum Gasteiger partial charge on any atom is -0.383 e. The van der Waals surface area contributed by atoms with E-state index in [2.05, 4.69) is 20.3 Å². The van der Waals surface area contributed by atoms with E-state index in [0.29, 0.717) is 35.0 Å². The molecule has 0 aliphatic rings. The van der Waals surface area contributed by atoms with E-state index in [9.17, 15) is 4.79 Å². The van der Waals surface area contributed by atoms with Gasteiger partial charge in [-0.2, -0.15) is 5.26 Å². The first-order valence-electron chi connectivity index (χ1n) is 10.4. The maximum Gasteiger partial charge on any atom is 0.270 e. The summed E-state index contributed by atoms with van der Waals surface area (Å²) in [4.78, 5) is 29.8. The molecule has 0 saturated heterocycles. The lowest BCUT2D eigenvalue weighted by molar-refractivity contribution is 0.0946. The molecule has 4 aromatic heterocycles. The van der Waals surface area contributed by atoms with Crippen LogP contribution in [0.1, 0.15) is 21.6 Å². The molecule has 0 unspecified atom stereocenters. The lowest BCUT2D eigenvalue weighted by Crippen LogP contribution is -2.23. The molecule has 0 spiro atoms. The Hall–Kier alpha value is -5.10. The molecule has 4 heterocycles. The number of carbonyl (C=O) groups excluding carboxylic acids is 1. The zero-order valence-electron chi connectivity index (χ0n) is 17.9. The van der Waals surface area contributed by atoms with Gasteiger partial charge in [0.05, 0.1) is 11.1 Å². The summed E-state index contributed by atoms with van der Waals surface area (Å²) >= 11 is 0. The number of nitrogen functional groups attached to an aromatic ring is 1. The Labute approximate surface area is 194 Å². The van der Waals surface area contributed by atoms with Gasteiger partial charge in [0.1, 0.15) is 23.1 Å². The molecule has 5 aromatic rings. The van der Waals surface area contributed by atoms with Crippen molar-refractivity contribution in [2.45, 2.75) is 6.54 Å². The van der Waals surface area contributed by atoms with E-state index in [-0.39, 0.29) is 11.6 Å². The largest absolute Gasteiger partial charge is 0.383 e. The second-order valence-electron chi connectivity index (χ2n) is 7.45. The second kappa shape index (κ2) is 8.80. The third kappa shape index (κ3) is 3.91. The lowest BCUT2D eigenvalue weighted by atomic mass is 10.2. The summed E-state index contributed by atoms with van der Waals surface area (Å²) in [5, 5.41) is 11.7. The van der Waals surface area contributed by atoms with E-state index < -0.39 is 0 Å². The van der Waals surface area contributed by atoms with Gasteiger partial charge >= 0.3 is 0 Å². The fraction of sp³-hybridized carbons (Fsp3) is 0.0400. The van der Waals surface area contributed by atoms with Crippen LogP contribution in [0, 0.1) is 11.3 Å². The molecule has 0 bridgehead atoms. The topological polar surface area (TPSA) is 135 Å². The number of nitrogens with two attached hydrogens (primary N) is 1. The summed E-state index contributed by atoms with van der Waals surface area (Å²) in [6.45, 7) is 0.326. The quantitative estimate of drug-likeness (QED) is 0.423. The van der Waals surface area contributed by atoms with Gasteiger partial charge in [-0.05, 0) is 54.1 Å². The predicted octanol–water partition coefficient (Wildman–Crippen LogP) is 3.26. The normalized spacial score (nSPS) is 10.7. The van der Waals surface area contributed by atoms with Gasteiger partial charge in [0.25, 0.3) is 5.91 Å². The van der Waals surface area contributed by atoms with E-state index in [1.807, 2.05) is 59.2 Å². The highest BCUT2D eigenvalue weighted by molar-refractivity contribution is 5.92. The highest BCUT2D eigenvalue weighted by Crippen LogP contribution is 2.30. The first-order valence-corrected chi connectivity index (χ1v) is 10.4. The summed E-state index contributed by atoms with van der Waals surface area (Å²) < 4.78 is 1.94. The molecule has 9 nitrogen and oxygen atoms in total. The van der Waals surface area contributed by atoms with E-state index >= 15 is 0 Å². The van der Waals surface area contributed by atoms with Crippen molar-refractivity contribution in [1.82, 2.24) is 29.8 Å². The summed E-state index contributed by atoms with van der Waals surface area (Å²) in [6, 6.07) is 20.2. The molecule has 0 aliphatic carbocycles. The van der Waals surface area contributed by atoms with Crippen LogP contribution in [0.5, 0.6) is 0 Å². The van der Waals surface area contributed by atoms with Crippen molar-refractivity contribution >= 4 is 22.9 Å². The van der Waals surface area contributed by atoms with Crippen LogP contribution in [0.15, 0.2) is 79.3 Å². The van der Waals surface area contributed by atoms with Gasteiger partial charge in [-0.1, -0.05) is 12.1 Å². The number of pyridine rings is 3. The number of nitriles is 1. The van der Waals surface area contributed by atoms with Gasteiger partial charge in [0.2, 0.25) is 0 Å². The first-order chi connectivity index (χ1) is 16.6. The molecular formula is C25H18N8O. The lowest BCUT2D eigenvalue weighted by Gasteiger charge is -2.11. The van der Waals surface area contributed by atoms with Gasteiger partial charge in [0, 0.05) is 30.8 Å². The first kappa shape index (κ1) is 20.8. The molecule has 1 aromatic carbocycles. The maximum absolute atomic E-state index is 12.4. The summed E-state index contributed by atoms with van der Waals surface area (Å²) in [7, 11) is 0. The number of rotatable bonds is 5. The van der Waals surface area contributed by atoms with Gasteiger partial charge in [-0.3, -0.25) is 9.36 Å². The summed E-state index contributed by atoms with van der Waals surface area (Å²) in [6.07, 6.45) is 4.73. The average molecular weight is 446 g/mol. The molecule has 0 aliphatic heterocycles. The Morgan fingerprint density at radius 2 is 1.79 bits per heavy atom. The fourth-order valence-electron chi connectivity index (χ4n) is 3.57. The summed E-state index contributed by atoms with van der Waals surface area (Å²) in [5.41, 5.74) is 10.7. The third-order valence-electron chi connectivity index (χ3n) is 5.27. The van der Waals surface area contributed by atoms with Crippen molar-refractivity contribution in [2.75, 3.05) is 5.73 Å². The minimum absolute atomic E-state index is 0.255. The van der Waals surface area contributed by atoms with Crippen molar-refractivity contribution < 1.29 is 4.79 Å². The number of anilines is 1. The number of amides is 1. The fourth-order valence-corrected chi connectivity index (χ4v) is 3.57. The number of hydrogen-bond acceptors (Lipinski definition) is 7. The number of carbonyl (C=O) groups is 1. The minimum atomic E-state index is -0.312. The Morgan fingerprint density at radius 3 is 2.53 bits per heavy atom. The van der Waals surface area contributed by atoms with E-state index in [1.54, 1.807) is 18.5 Å². The molecule has 9 heteroatoms. The number of nitrogens with one attached hydrogen (secondary N) is 1. The smallest absolute Gasteiger partial charge is 0.270 e. The van der Waals surface area contributed by atoms with E-state index in [0.717, 1.165) is 16.8 Å². The van der Waals surface area contributed by atoms with Crippen molar-refractivity contribution in [3.8, 4) is 23.1 Å². The van der Waals surface area contributed by atoms with Gasteiger partial charge in [-0.15, -0.1) is 0 Å². The van der Waals surface area contributed by atoms with Crippen molar-refractivity contribution in [3.05, 3.63) is 96.1 Å². The van der Waals surface area contributed by atoms with Crippen LogP contribution >= 0.6 is 0 Å². The SMILES string of the molecule is N#Cc1ccc(C(=O)NCc2ccc(-n3c(-c4cccnc4N)nc4cccnc43)cc2)nc1. The second-order valence-corrected chi connectivity index (χ2v) is 7.45. The van der Waals surface area contributed by atoms with Crippen molar-refractivity contribution in [3.63, 3.8) is 0 Å². The molecule has 0 saturated carbocycles. The van der Waals surface area contributed by atoms with Crippen LogP contribution in [0.4, 0.5) is 5.82 Å². The highest BCUT2D eigenvalue weighted by Gasteiger charge is 2.17. The van der Waals surface area contributed by atoms with Gasteiger partial charge in [0.15, 0.2) is 11.5 Å². The van der Waals surface area contributed by atoms with Gasteiger partial charge in [-0.25, -0.2) is 19.9 Å². The zero-order chi connectivity index (χ0) is 23.5. The summed E-state index contributed by atoms with van der Waals surface area (Å²) in [5.74, 6) is 0.717. The molecule has 34 heavy (non-hydrogen) atoms. The molecule has 1 amide bonds. The number of aromatic nitrogens is 5. The Balaban J connectivity index is 1.42. The van der Waals surface area contributed by atoms with Crippen molar-refractivity contribution in [1.29, 1.82) is 5.26 Å². The van der Waals surface area contributed by atoms with Crippen LogP contribution in [-0.2, 0) is 6.54 Å². The molecule has 5 rings (SSSR count). The van der Waals surface area contributed by atoms with Crippen molar-refractivity contribution in [2.24, 2.45) is 0 Å². The number of fused-ring (bicyclic) bond motifs is 1. The monoisotopic (exact) mass is 446 g/mol. The molecule has 0 radical (unpaired) electrons. The predicted molar refractivity (Wildman–Crippen MR) is 127 cm³/mol. The maximum atomic E-state index is 12.4. The Morgan fingerprint density at radius 1 is 1.00 bits per heavy atom.